The van der Waals surface area contributed by atoms with Gasteiger partial charge in [-0.15, -0.1) is 0 Å². The molecular formula is C21H26O6. The molecule has 1 saturated heterocycles. The van der Waals surface area contributed by atoms with Crippen LogP contribution in [0, 0.1) is 0 Å². The summed E-state index contributed by atoms with van der Waals surface area (Å²) in [4.78, 5) is 0. The molecule has 0 unspecified atom stereocenters. The van der Waals surface area contributed by atoms with Crippen molar-refractivity contribution in [1.82, 2.24) is 0 Å². The van der Waals surface area contributed by atoms with Crippen LogP contribution in [0.15, 0.2) is 60.7 Å². The molecule has 27 heavy (non-hydrogen) atoms. The van der Waals surface area contributed by atoms with Crippen LogP contribution in [0.5, 0.6) is 0 Å². The van der Waals surface area contributed by atoms with Crippen LogP contribution < -0.4 is 0 Å². The minimum absolute atomic E-state index is 0.294. The van der Waals surface area contributed by atoms with Gasteiger partial charge in [-0.2, -0.15) is 0 Å². The van der Waals surface area contributed by atoms with Crippen molar-refractivity contribution in [3.05, 3.63) is 71.8 Å². The second-order valence-electron chi connectivity index (χ2n) is 6.47. The Morgan fingerprint density at radius 2 is 1.33 bits per heavy atom. The first kappa shape index (κ1) is 19.9. The first-order chi connectivity index (χ1) is 13.2. The van der Waals surface area contributed by atoms with Gasteiger partial charge in [-0.25, -0.2) is 0 Å². The van der Waals surface area contributed by atoms with Gasteiger partial charge in [0, 0.05) is 7.11 Å². The number of aliphatic hydroxyl groups is 2. The van der Waals surface area contributed by atoms with Crippen molar-refractivity contribution < 1.29 is 29.2 Å². The zero-order valence-corrected chi connectivity index (χ0v) is 15.3. The number of ether oxygens (including phenoxy) is 4. The van der Waals surface area contributed by atoms with Crippen LogP contribution in [0.2, 0.25) is 0 Å². The molecule has 0 radical (unpaired) electrons. The fraction of sp³-hybridized carbons (Fsp3) is 0.429. The molecule has 0 spiro atoms. The molecule has 0 saturated carbocycles. The number of aliphatic hydroxyl groups excluding tert-OH is 2. The fourth-order valence-corrected chi connectivity index (χ4v) is 3.22. The molecule has 0 amide bonds. The predicted molar refractivity (Wildman–Crippen MR) is 98.8 cm³/mol. The number of hydrogen-bond donors (Lipinski definition) is 2. The van der Waals surface area contributed by atoms with Gasteiger partial charge in [0.2, 0.25) is 0 Å². The van der Waals surface area contributed by atoms with Crippen molar-refractivity contribution in [3.8, 4) is 0 Å². The Balaban J connectivity index is 1.75. The SMILES string of the molecule is CO[C@H]1[C@@H](OCc2ccccc2)[C@H](OCc2ccccc2)[C@@H](CO)O[C@@H]1O. The number of benzene rings is 2. The Morgan fingerprint density at radius 1 is 0.815 bits per heavy atom. The third-order valence-electron chi connectivity index (χ3n) is 4.63. The average Bonchev–Trinajstić information content (AvgIpc) is 2.72. The third kappa shape index (κ3) is 5.13. The first-order valence-corrected chi connectivity index (χ1v) is 9.01. The van der Waals surface area contributed by atoms with E-state index in [4.69, 9.17) is 18.9 Å². The van der Waals surface area contributed by atoms with Crippen molar-refractivity contribution in [1.29, 1.82) is 0 Å². The van der Waals surface area contributed by atoms with Crippen molar-refractivity contribution in [2.75, 3.05) is 13.7 Å². The molecule has 3 rings (SSSR count). The maximum absolute atomic E-state index is 10.2. The molecule has 1 aliphatic rings. The lowest BCUT2D eigenvalue weighted by Gasteiger charge is -2.43. The van der Waals surface area contributed by atoms with Crippen LogP contribution in [-0.4, -0.2) is 54.6 Å². The normalized spacial score (nSPS) is 28.2. The van der Waals surface area contributed by atoms with Crippen molar-refractivity contribution in [2.45, 2.75) is 43.9 Å². The Labute approximate surface area is 159 Å². The van der Waals surface area contributed by atoms with E-state index < -0.39 is 30.7 Å². The van der Waals surface area contributed by atoms with Crippen molar-refractivity contribution in [2.24, 2.45) is 0 Å². The minimum atomic E-state index is -1.20. The van der Waals surface area contributed by atoms with Crippen LogP contribution in [-0.2, 0) is 32.2 Å². The molecule has 1 aliphatic heterocycles. The van der Waals surface area contributed by atoms with Crippen LogP contribution >= 0.6 is 0 Å². The van der Waals surface area contributed by atoms with Gasteiger partial charge in [-0.1, -0.05) is 60.7 Å². The quantitative estimate of drug-likeness (QED) is 0.735. The maximum atomic E-state index is 10.2. The molecule has 6 nitrogen and oxygen atoms in total. The van der Waals surface area contributed by atoms with Gasteiger partial charge in [0.15, 0.2) is 6.29 Å². The molecule has 2 aromatic carbocycles. The summed E-state index contributed by atoms with van der Waals surface area (Å²) >= 11 is 0. The van der Waals surface area contributed by atoms with Crippen LogP contribution in [0.25, 0.3) is 0 Å². The van der Waals surface area contributed by atoms with E-state index in [1.165, 1.54) is 7.11 Å². The van der Waals surface area contributed by atoms with Crippen LogP contribution in [0.3, 0.4) is 0 Å². The van der Waals surface area contributed by atoms with E-state index in [1.54, 1.807) is 0 Å². The van der Waals surface area contributed by atoms with E-state index in [0.717, 1.165) is 11.1 Å². The highest BCUT2D eigenvalue weighted by Crippen LogP contribution is 2.28. The lowest BCUT2D eigenvalue weighted by molar-refractivity contribution is -0.309. The standard InChI is InChI=1S/C21H26O6/c1-24-20-19(26-14-16-10-6-3-7-11-16)18(17(12-22)27-21(20)23)25-13-15-8-4-2-5-9-15/h2-11,17-23H,12-14H2,1H3/t17-,18-,19+,20+,21+/m1/s1. The molecule has 2 aromatic rings. The Kier molecular flexibility index (Phi) is 7.34. The van der Waals surface area contributed by atoms with Crippen molar-refractivity contribution >= 4 is 0 Å². The van der Waals surface area contributed by atoms with E-state index in [9.17, 15) is 10.2 Å². The Morgan fingerprint density at radius 3 is 1.81 bits per heavy atom. The van der Waals surface area contributed by atoms with Gasteiger partial charge in [0.1, 0.15) is 24.4 Å². The summed E-state index contributed by atoms with van der Waals surface area (Å²) in [6, 6.07) is 19.5. The molecule has 1 fully saturated rings. The first-order valence-electron chi connectivity index (χ1n) is 9.01. The summed E-state index contributed by atoms with van der Waals surface area (Å²) in [6.45, 7) is 0.378. The zero-order chi connectivity index (χ0) is 19.1. The van der Waals surface area contributed by atoms with E-state index in [-0.39, 0.29) is 6.61 Å². The highest BCUT2D eigenvalue weighted by molar-refractivity contribution is 5.14. The van der Waals surface area contributed by atoms with E-state index in [1.807, 2.05) is 60.7 Å². The molecule has 146 valence electrons. The molecule has 0 aliphatic carbocycles. The number of hydrogen-bond acceptors (Lipinski definition) is 6. The monoisotopic (exact) mass is 374 g/mol. The van der Waals surface area contributed by atoms with Gasteiger partial charge < -0.3 is 29.2 Å². The largest absolute Gasteiger partial charge is 0.394 e. The van der Waals surface area contributed by atoms with E-state index in [2.05, 4.69) is 0 Å². The second-order valence-corrected chi connectivity index (χ2v) is 6.47. The molecule has 1 heterocycles. The number of methoxy groups -OCH3 is 1. The molecule has 0 aromatic heterocycles. The smallest absolute Gasteiger partial charge is 0.184 e. The summed E-state index contributed by atoms with van der Waals surface area (Å²) in [5.41, 5.74) is 1.99. The Hall–Kier alpha value is -1.80. The summed E-state index contributed by atoms with van der Waals surface area (Å²) < 4.78 is 23.0. The van der Waals surface area contributed by atoms with Crippen LogP contribution in [0.4, 0.5) is 0 Å². The summed E-state index contributed by atoms with van der Waals surface area (Å²) in [7, 11) is 1.49. The van der Waals surface area contributed by atoms with E-state index >= 15 is 0 Å². The Bertz CT molecular complexity index is 665. The fourth-order valence-electron chi connectivity index (χ4n) is 3.22. The molecule has 0 bridgehead atoms. The summed E-state index contributed by atoms with van der Waals surface area (Å²) in [5.74, 6) is 0. The molecular weight excluding hydrogens is 348 g/mol. The van der Waals surface area contributed by atoms with Crippen LogP contribution in [0.1, 0.15) is 11.1 Å². The van der Waals surface area contributed by atoms with Crippen molar-refractivity contribution in [3.63, 3.8) is 0 Å². The van der Waals surface area contributed by atoms with Gasteiger partial charge in [-0.3, -0.25) is 0 Å². The highest BCUT2D eigenvalue weighted by Gasteiger charge is 2.47. The second kappa shape index (κ2) is 9.94. The summed E-state index contributed by atoms with van der Waals surface area (Å²) in [6.07, 6.45) is -3.83. The zero-order valence-electron chi connectivity index (χ0n) is 15.3. The molecule has 5 atom stereocenters. The lowest BCUT2D eigenvalue weighted by Crippen LogP contribution is -2.60. The lowest BCUT2D eigenvalue weighted by atomic mass is 9.98. The minimum Gasteiger partial charge on any atom is -0.394 e. The van der Waals surface area contributed by atoms with Gasteiger partial charge >= 0.3 is 0 Å². The molecule has 6 heteroatoms. The highest BCUT2D eigenvalue weighted by atomic mass is 16.7. The van der Waals surface area contributed by atoms with Gasteiger partial charge in [0.25, 0.3) is 0 Å². The number of rotatable bonds is 8. The van der Waals surface area contributed by atoms with E-state index in [0.29, 0.717) is 13.2 Å². The predicted octanol–water partition coefficient (Wildman–Crippen LogP) is 1.88. The average molecular weight is 374 g/mol. The van der Waals surface area contributed by atoms with Gasteiger partial charge in [0.05, 0.1) is 19.8 Å². The third-order valence-corrected chi connectivity index (χ3v) is 4.63. The summed E-state index contributed by atoms with van der Waals surface area (Å²) in [5, 5.41) is 20.0. The van der Waals surface area contributed by atoms with Gasteiger partial charge in [-0.05, 0) is 11.1 Å². The molecule has 2 N–H and O–H groups in total. The topological polar surface area (TPSA) is 77.4 Å². The maximum Gasteiger partial charge on any atom is 0.184 e.